The number of rotatable bonds is 3. The first-order valence-electron chi connectivity index (χ1n) is 5.27. The van der Waals surface area contributed by atoms with Crippen molar-refractivity contribution >= 4 is 19.5 Å². The summed E-state index contributed by atoms with van der Waals surface area (Å²) in [5, 5.41) is 9.69. The van der Waals surface area contributed by atoms with E-state index in [-0.39, 0.29) is 31.3 Å². The molecule has 0 amide bonds. The van der Waals surface area contributed by atoms with Gasteiger partial charge in [0.2, 0.25) is 0 Å². The summed E-state index contributed by atoms with van der Waals surface area (Å²) in [6.07, 6.45) is 2.57. The molecule has 88 valence electrons. The lowest BCUT2D eigenvalue weighted by molar-refractivity contribution is 0.0362. The van der Waals surface area contributed by atoms with Crippen LogP contribution < -0.4 is 0 Å². The molecule has 2 rings (SSSR count). The van der Waals surface area contributed by atoms with Crippen molar-refractivity contribution in [1.82, 2.24) is 0 Å². The third-order valence-electron chi connectivity index (χ3n) is 2.69. The lowest BCUT2D eigenvalue weighted by atomic mass is 10.0. The van der Waals surface area contributed by atoms with Gasteiger partial charge in [0.25, 0.3) is 0 Å². The molecule has 0 saturated carbocycles. The number of fused-ring (bicyclic) bond motifs is 1. The number of phenolic OH excluding ortho intramolecular Hbond substituents is 1. The van der Waals surface area contributed by atoms with Gasteiger partial charge in [-0.1, -0.05) is 19.4 Å². The Bertz CT molecular complexity index is 390. The van der Waals surface area contributed by atoms with Crippen LogP contribution in [0.25, 0.3) is 0 Å². The molecule has 16 heavy (non-hydrogen) atoms. The van der Waals surface area contributed by atoms with E-state index in [1.807, 2.05) is 0 Å². The number of cyclic esters (lactones) is 1. The first-order valence-corrected chi connectivity index (χ1v) is 5.27. The molecule has 0 saturated heterocycles. The Morgan fingerprint density at radius 1 is 1.44 bits per heavy atom. The maximum absolute atomic E-state index is 11.5. The summed E-state index contributed by atoms with van der Waals surface area (Å²) in [4.78, 5) is 11.5. The average Bonchev–Trinajstić information content (AvgIpc) is 2.55. The van der Waals surface area contributed by atoms with Crippen molar-refractivity contribution in [3.8, 4) is 5.75 Å². The van der Waals surface area contributed by atoms with Gasteiger partial charge in [0.05, 0.1) is 5.56 Å². The largest absolute Gasteiger partial charge is 0.508 e. The highest BCUT2D eigenvalue weighted by Gasteiger charge is 2.32. The van der Waals surface area contributed by atoms with E-state index in [1.165, 1.54) is 0 Å². The van der Waals surface area contributed by atoms with Crippen molar-refractivity contribution in [3.63, 3.8) is 0 Å². The number of hydrogen-bond acceptors (Lipinski definition) is 3. The summed E-state index contributed by atoms with van der Waals surface area (Å²) in [7, 11) is 0. The first-order chi connectivity index (χ1) is 7.24. The van der Waals surface area contributed by atoms with Crippen LogP contribution >= 0.6 is 13.5 Å². The molecule has 1 aromatic rings. The number of unbranched alkanes of at least 4 members (excludes halogenated alkanes) is 1. The fourth-order valence-corrected chi connectivity index (χ4v) is 1.91. The van der Waals surface area contributed by atoms with E-state index in [9.17, 15) is 9.90 Å². The van der Waals surface area contributed by atoms with Crippen LogP contribution in [0.15, 0.2) is 18.2 Å². The van der Waals surface area contributed by atoms with E-state index in [0.717, 1.165) is 19.3 Å². The summed E-state index contributed by atoms with van der Waals surface area (Å²) >= 11 is 0. The van der Waals surface area contributed by atoms with E-state index in [1.54, 1.807) is 18.2 Å². The average molecular weight is 240 g/mol. The second kappa shape index (κ2) is 5.25. The molecule has 4 heteroatoms. The van der Waals surface area contributed by atoms with Gasteiger partial charge in [0.1, 0.15) is 11.9 Å². The highest BCUT2D eigenvalue weighted by Crippen LogP contribution is 2.39. The van der Waals surface area contributed by atoms with Gasteiger partial charge < -0.3 is 9.84 Å². The molecule has 1 heterocycles. The van der Waals surface area contributed by atoms with Gasteiger partial charge in [-0.05, 0) is 25.0 Å². The Morgan fingerprint density at radius 2 is 2.19 bits per heavy atom. The zero-order chi connectivity index (χ0) is 10.8. The van der Waals surface area contributed by atoms with Crippen LogP contribution in [-0.2, 0) is 4.74 Å². The van der Waals surface area contributed by atoms with Crippen LogP contribution in [0.1, 0.15) is 48.2 Å². The third-order valence-corrected chi connectivity index (χ3v) is 2.69. The van der Waals surface area contributed by atoms with Gasteiger partial charge in [0.15, 0.2) is 0 Å². The van der Waals surface area contributed by atoms with Crippen molar-refractivity contribution in [2.75, 3.05) is 0 Å². The lowest BCUT2D eigenvalue weighted by Crippen LogP contribution is -1.98. The Kier molecular flexibility index (Phi) is 4.24. The quantitative estimate of drug-likeness (QED) is 0.826. The van der Waals surface area contributed by atoms with Crippen LogP contribution in [0.3, 0.4) is 0 Å². The molecule has 0 bridgehead atoms. The molecule has 3 nitrogen and oxygen atoms in total. The normalized spacial score (nSPS) is 17.6. The molecule has 0 radical (unpaired) electrons. The summed E-state index contributed by atoms with van der Waals surface area (Å²) in [5.41, 5.74) is 1.17. The van der Waals surface area contributed by atoms with Gasteiger partial charge in [-0.3, -0.25) is 0 Å². The molecule has 0 fully saturated rings. The molecular formula is C12H16O3S. The summed E-state index contributed by atoms with van der Waals surface area (Å²) in [6, 6.07) is 4.96. The van der Waals surface area contributed by atoms with Gasteiger partial charge in [-0.15, -0.1) is 0 Å². The molecule has 0 aromatic heterocycles. The van der Waals surface area contributed by atoms with Crippen LogP contribution in [0.4, 0.5) is 0 Å². The second-order valence-corrected chi connectivity index (χ2v) is 3.77. The van der Waals surface area contributed by atoms with Gasteiger partial charge in [0, 0.05) is 5.56 Å². The van der Waals surface area contributed by atoms with E-state index in [2.05, 4.69) is 6.92 Å². The number of aromatic hydroxyl groups is 1. The molecular weight excluding hydrogens is 224 g/mol. The number of esters is 1. The highest BCUT2D eigenvalue weighted by atomic mass is 32.1. The van der Waals surface area contributed by atoms with E-state index in [4.69, 9.17) is 4.74 Å². The molecule has 1 aliphatic rings. The molecule has 0 unspecified atom stereocenters. The van der Waals surface area contributed by atoms with Crippen molar-refractivity contribution in [3.05, 3.63) is 29.3 Å². The van der Waals surface area contributed by atoms with Gasteiger partial charge >= 0.3 is 5.97 Å². The lowest BCUT2D eigenvalue weighted by Gasteiger charge is -2.10. The predicted molar refractivity (Wildman–Crippen MR) is 66.2 cm³/mol. The van der Waals surface area contributed by atoms with Crippen LogP contribution in [0.5, 0.6) is 5.75 Å². The topological polar surface area (TPSA) is 46.5 Å². The van der Waals surface area contributed by atoms with Crippen LogP contribution in [0, 0.1) is 0 Å². The van der Waals surface area contributed by atoms with Crippen molar-refractivity contribution in [2.24, 2.45) is 0 Å². The number of benzene rings is 1. The Hall–Kier alpha value is -1.16. The SMILES string of the molecule is CCCC[C@@H]1OC(=O)c2cccc(O)c21.S. The smallest absolute Gasteiger partial charge is 0.339 e. The number of phenols is 1. The summed E-state index contributed by atoms with van der Waals surface area (Å²) in [6.45, 7) is 2.09. The molecule has 1 atom stereocenters. The molecule has 0 spiro atoms. The zero-order valence-electron chi connectivity index (χ0n) is 9.19. The van der Waals surface area contributed by atoms with E-state index in [0.29, 0.717) is 11.1 Å². The minimum absolute atomic E-state index is 0. The number of carbonyl (C=O) groups excluding carboxylic acids is 1. The van der Waals surface area contributed by atoms with Crippen LogP contribution in [0.2, 0.25) is 0 Å². The van der Waals surface area contributed by atoms with Crippen molar-refractivity contribution in [1.29, 1.82) is 0 Å². The van der Waals surface area contributed by atoms with Gasteiger partial charge in [-0.25, -0.2) is 4.79 Å². The number of hydrogen-bond donors (Lipinski definition) is 1. The summed E-state index contributed by atoms with van der Waals surface area (Å²) in [5.74, 6) is -0.151. The van der Waals surface area contributed by atoms with Gasteiger partial charge in [-0.2, -0.15) is 13.5 Å². The zero-order valence-corrected chi connectivity index (χ0v) is 10.2. The molecule has 1 aliphatic heterocycles. The third kappa shape index (κ3) is 2.16. The Morgan fingerprint density at radius 3 is 2.88 bits per heavy atom. The molecule has 1 N–H and O–H groups in total. The van der Waals surface area contributed by atoms with Crippen LogP contribution in [-0.4, -0.2) is 11.1 Å². The fourth-order valence-electron chi connectivity index (χ4n) is 1.91. The number of carbonyl (C=O) groups is 1. The Labute approximate surface area is 102 Å². The first kappa shape index (κ1) is 12.9. The maximum Gasteiger partial charge on any atom is 0.339 e. The second-order valence-electron chi connectivity index (χ2n) is 3.77. The summed E-state index contributed by atoms with van der Waals surface area (Å²) < 4.78 is 5.22. The minimum Gasteiger partial charge on any atom is -0.508 e. The Balaban J connectivity index is 0.00000128. The highest BCUT2D eigenvalue weighted by molar-refractivity contribution is 7.59. The molecule has 0 aliphatic carbocycles. The molecule has 1 aromatic carbocycles. The maximum atomic E-state index is 11.5. The van der Waals surface area contributed by atoms with Crippen molar-refractivity contribution in [2.45, 2.75) is 32.3 Å². The van der Waals surface area contributed by atoms with Crippen molar-refractivity contribution < 1.29 is 14.6 Å². The fraction of sp³-hybridized carbons (Fsp3) is 0.417. The predicted octanol–water partition coefficient (Wildman–Crippen LogP) is 2.91. The standard InChI is InChI=1S/C12H14O3.H2S/c1-2-3-7-10-11-8(12(14)15-10)5-4-6-9(11)13;/h4-6,10,13H,2-3,7H2,1H3;1H2/t10-;/m0./s1. The van der Waals surface area contributed by atoms with E-state index >= 15 is 0 Å². The number of ether oxygens (including phenoxy) is 1. The van der Waals surface area contributed by atoms with E-state index < -0.39 is 0 Å². The monoisotopic (exact) mass is 240 g/mol. The minimum atomic E-state index is -0.318.